The van der Waals surface area contributed by atoms with Gasteiger partial charge in [0.2, 0.25) is 0 Å². The van der Waals surface area contributed by atoms with E-state index in [0.29, 0.717) is 0 Å². The molecule has 9 heteroatoms. The molecule has 0 heterocycles. The standard InChI is InChI=1S/C15H8F6.2ClH.Zr/c16-14(17,18)12-5-1-3-10(8-12)7-11-4-2-6-13(9-11)15(19,20)21;;;/h1-6,8-9H;2*1H;/q;;;+2/p-2. The summed E-state index contributed by atoms with van der Waals surface area (Å²) in [4.78, 5) is 0. The van der Waals surface area contributed by atoms with Gasteiger partial charge in [-0.05, 0) is 0 Å². The quantitative estimate of drug-likeness (QED) is 0.463. The number of benzene rings is 2. The minimum atomic E-state index is -4.57. The van der Waals surface area contributed by atoms with Crippen LogP contribution in [0, 0.1) is 0 Å². The second-order valence-corrected chi connectivity index (χ2v) is 12.9. The van der Waals surface area contributed by atoms with E-state index >= 15 is 0 Å². The summed E-state index contributed by atoms with van der Waals surface area (Å²) >= 11 is -3.37. The SMILES string of the molecule is FC(F)(F)c1cccc([C](c2cccc(C(F)(F)F)c2)=[Zr]([Cl])[Cl])c1. The van der Waals surface area contributed by atoms with Gasteiger partial charge in [-0.3, -0.25) is 0 Å². The first kappa shape index (κ1) is 19.7. The van der Waals surface area contributed by atoms with Crippen molar-refractivity contribution < 1.29 is 45.2 Å². The van der Waals surface area contributed by atoms with E-state index in [1.807, 2.05) is 0 Å². The van der Waals surface area contributed by atoms with Crippen LogP contribution in [0.1, 0.15) is 22.3 Å². The van der Waals surface area contributed by atoms with Crippen LogP contribution < -0.4 is 0 Å². The van der Waals surface area contributed by atoms with Gasteiger partial charge in [-0.25, -0.2) is 0 Å². The Hall–Kier alpha value is -0.647. The van der Waals surface area contributed by atoms with Crippen molar-refractivity contribution in [1.29, 1.82) is 0 Å². The molecule has 24 heavy (non-hydrogen) atoms. The molecule has 0 aliphatic carbocycles. The van der Waals surface area contributed by atoms with Crippen LogP contribution in [-0.2, 0) is 31.2 Å². The second-order valence-electron chi connectivity index (χ2n) is 4.79. The Morgan fingerprint density at radius 2 is 1.08 bits per heavy atom. The molecule has 0 saturated heterocycles. The van der Waals surface area contributed by atoms with Crippen molar-refractivity contribution in [3.8, 4) is 0 Å². The first-order valence-corrected chi connectivity index (χ1v) is 14.0. The van der Waals surface area contributed by atoms with E-state index in [1.165, 1.54) is 24.3 Å². The van der Waals surface area contributed by atoms with Crippen LogP contribution in [0.25, 0.3) is 0 Å². The van der Waals surface area contributed by atoms with E-state index < -0.39 is 42.4 Å². The molecule has 0 bridgehead atoms. The van der Waals surface area contributed by atoms with Gasteiger partial charge in [0.1, 0.15) is 0 Å². The van der Waals surface area contributed by atoms with E-state index in [0.717, 1.165) is 24.3 Å². The molecular formula is C15H8Cl2F6Zr. The Bertz CT molecular complexity index is 717. The molecular weight excluding hydrogens is 456 g/mol. The van der Waals surface area contributed by atoms with Gasteiger partial charge in [-0.15, -0.1) is 0 Å². The molecule has 0 aliphatic heterocycles. The average Bonchev–Trinajstić information content (AvgIpc) is 2.46. The van der Waals surface area contributed by atoms with Gasteiger partial charge in [0.15, 0.2) is 0 Å². The third-order valence-electron chi connectivity index (χ3n) is 3.15. The predicted octanol–water partition coefficient (Wildman–Crippen LogP) is 6.22. The number of hydrogen-bond donors (Lipinski definition) is 0. The van der Waals surface area contributed by atoms with Gasteiger partial charge in [0.05, 0.1) is 0 Å². The van der Waals surface area contributed by atoms with Crippen molar-refractivity contribution in [3.63, 3.8) is 0 Å². The van der Waals surface area contributed by atoms with Crippen LogP contribution >= 0.6 is 17.0 Å². The van der Waals surface area contributed by atoms with Gasteiger partial charge in [-0.1, -0.05) is 0 Å². The van der Waals surface area contributed by atoms with Crippen molar-refractivity contribution in [1.82, 2.24) is 0 Å². The molecule has 0 aliphatic rings. The molecule has 0 aromatic heterocycles. The Labute approximate surface area is 148 Å². The summed E-state index contributed by atoms with van der Waals surface area (Å²) in [5.41, 5.74) is -1.66. The van der Waals surface area contributed by atoms with E-state index in [1.54, 1.807) is 0 Å². The van der Waals surface area contributed by atoms with Gasteiger partial charge < -0.3 is 0 Å². The Morgan fingerprint density at radius 3 is 1.38 bits per heavy atom. The average molecular weight is 464 g/mol. The Kier molecular flexibility index (Phi) is 5.99. The summed E-state index contributed by atoms with van der Waals surface area (Å²) in [6, 6.07) is 8.50. The summed E-state index contributed by atoms with van der Waals surface area (Å²) < 4.78 is 77.2. The maximum absolute atomic E-state index is 12.8. The fourth-order valence-corrected chi connectivity index (χ4v) is 6.51. The summed E-state index contributed by atoms with van der Waals surface area (Å²) in [7, 11) is 12.0. The molecule has 0 fully saturated rings. The normalized spacial score (nSPS) is 12.2. The zero-order valence-electron chi connectivity index (χ0n) is 11.6. The van der Waals surface area contributed by atoms with Crippen molar-refractivity contribution in [2.75, 3.05) is 0 Å². The minimum absolute atomic E-state index is 0.0866. The Balaban J connectivity index is 2.60. The van der Waals surface area contributed by atoms with Crippen LogP contribution in [-0.4, -0.2) is 3.21 Å². The van der Waals surface area contributed by atoms with Gasteiger partial charge in [0, 0.05) is 0 Å². The monoisotopic (exact) mass is 462 g/mol. The molecule has 0 unspecified atom stereocenters. The van der Waals surface area contributed by atoms with Crippen molar-refractivity contribution in [2.45, 2.75) is 12.4 Å². The van der Waals surface area contributed by atoms with E-state index in [-0.39, 0.29) is 14.3 Å². The number of halogens is 8. The zero-order valence-corrected chi connectivity index (χ0v) is 15.6. The second kappa shape index (κ2) is 7.30. The summed E-state index contributed by atoms with van der Waals surface area (Å²) in [5, 5.41) is 0. The third-order valence-corrected chi connectivity index (χ3v) is 7.73. The molecule has 0 atom stereocenters. The Morgan fingerprint density at radius 1 is 0.708 bits per heavy atom. The fourth-order valence-electron chi connectivity index (χ4n) is 2.09. The molecule has 2 rings (SSSR count). The van der Waals surface area contributed by atoms with Crippen molar-refractivity contribution in [3.05, 3.63) is 70.8 Å². The molecule has 0 spiro atoms. The van der Waals surface area contributed by atoms with Crippen molar-refractivity contribution >= 4 is 20.2 Å². The van der Waals surface area contributed by atoms with E-state index in [4.69, 9.17) is 17.0 Å². The third kappa shape index (κ3) is 4.71. The van der Waals surface area contributed by atoms with E-state index in [2.05, 4.69) is 0 Å². The summed E-state index contributed by atoms with van der Waals surface area (Å²) in [6.45, 7) is 0. The molecule has 2 aromatic carbocycles. The molecule has 0 N–H and O–H groups in total. The molecule has 128 valence electrons. The molecule has 2 aromatic rings. The molecule has 0 amide bonds. The first-order chi connectivity index (χ1) is 11.0. The van der Waals surface area contributed by atoms with Gasteiger partial charge in [0.25, 0.3) is 0 Å². The molecule has 0 radical (unpaired) electrons. The maximum atomic E-state index is 12.8. The van der Waals surface area contributed by atoms with Crippen LogP contribution in [0.4, 0.5) is 26.3 Å². The molecule has 0 nitrogen and oxygen atoms in total. The number of rotatable bonds is 2. The van der Waals surface area contributed by atoms with Crippen LogP contribution in [0.3, 0.4) is 0 Å². The van der Waals surface area contributed by atoms with Crippen molar-refractivity contribution in [2.24, 2.45) is 0 Å². The topological polar surface area (TPSA) is 0 Å². The van der Waals surface area contributed by atoms with Crippen LogP contribution in [0.15, 0.2) is 48.5 Å². The van der Waals surface area contributed by atoms with Crippen LogP contribution in [0.2, 0.25) is 0 Å². The number of hydrogen-bond acceptors (Lipinski definition) is 0. The van der Waals surface area contributed by atoms with Gasteiger partial charge >= 0.3 is 149 Å². The summed E-state index contributed by atoms with van der Waals surface area (Å²) in [5.74, 6) is 0. The summed E-state index contributed by atoms with van der Waals surface area (Å²) in [6.07, 6.45) is -9.14. The number of alkyl halides is 6. The van der Waals surface area contributed by atoms with Gasteiger partial charge in [-0.2, -0.15) is 0 Å². The predicted molar refractivity (Wildman–Crippen MR) is 77.8 cm³/mol. The fraction of sp³-hybridized carbons (Fsp3) is 0.133. The zero-order chi connectivity index (χ0) is 18.1. The van der Waals surface area contributed by atoms with E-state index in [9.17, 15) is 26.3 Å². The first-order valence-electron chi connectivity index (χ1n) is 6.40. The van der Waals surface area contributed by atoms with Crippen LogP contribution in [0.5, 0.6) is 0 Å². The molecule has 0 saturated carbocycles.